The van der Waals surface area contributed by atoms with E-state index in [1.54, 1.807) is 0 Å². The smallest absolute Gasteiger partial charge is 0.0507 e. The number of rotatable bonds is 11. The van der Waals surface area contributed by atoms with Crippen LogP contribution in [0.25, 0.3) is 0 Å². The molecule has 38 heavy (non-hydrogen) atoms. The molecule has 4 saturated heterocycles. The van der Waals surface area contributed by atoms with Crippen LogP contribution in [0.1, 0.15) is 79.6 Å². The van der Waals surface area contributed by atoms with Crippen molar-refractivity contribution in [3.63, 3.8) is 0 Å². The molecular formula is C31H61N7. The number of piperazine rings is 3. The van der Waals surface area contributed by atoms with Gasteiger partial charge in [0.05, 0.1) is 6.67 Å². The molecule has 1 spiro atoms. The van der Waals surface area contributed by atoms with Crippen molar-refractivity contribution in [1.82, 2.24) is 35.1 Å². The highest BCUT2D eigenvalue weighted by Gasteiger charge is 2.49. The third-order valence-electron chi connectivity index (χ3n) is 11.0. The van der Waals surface area contributed by atoms with E-state index >= 15 is 0 Å². The van der Waals surface area contributed by atoms with E-state index in [0.29, 0.717) is 35.7 Å². The van der Waals surface area contributed by atoms with Gasteiger partial charge < -0.3 is 10.6 Å². The van der Waals surface area contributed by atoms with Crippen molar-refractivity contribution in [2.24, 2.45) is 5.92 Å². The summed E-state index contributed by atoms with van der Waals surface area (Å²) in [6.07, 6.45) is 9.53. The first-order valence-corrected chi connectivity index (χ1v) is 16.5. The van der Waals surface area contributed by atoms with E-state index in [0.717, 1.165) is 12.5 Å². The van der Waals surface area contributed by atoms with Gasteiger partial charge in [-0.25, -0.2) is 0 Å². The van der Waals surface area contributed by atoms with Crippen molar-refractivity contribution < 1.29 is 0 Å². The standard InChI is InChI=1S/C31H61N7/c1-25(2)37-15-12-32-30(22-37)26(3)8-9-27(4)38-23-31(10-11-31)33-21-29(38)20-28(5)36-18-16-35(17-19-36)24-34-13-6-7-14-34/h25-30,32-33H,6-24H2,1-5H3/t26?,27-,28+,29?,30?/m1/s1. The van der Waals surface area contributed by atoms with Gasteiger partial charge in [-0.15, -0.1) is 0 Å². The fourth-order valence-corrected chi connectivity index (χ4v) is 7.82. The first-order chi connectivity index (χ1) is 18.3. The first-order valence-electron chi connectivity index (χ1n) is 16.5. The maximum atomic E-state index is 4.00. The first kappa shape index (κ1) is 29.2. The summed E-state index contributed by atoms with van der Waals surface area (Å²) >= 11 is 0. The summed E-state index contributed by atoms with van der Waals surface area (Å²) in [5, 5.41) is 7.85. The Hall–Kier alpha value is -0.280. The highest BCUT2D eigenvalue weighted by Crippen LogP contribution is 2.40. The summed E-state index contributed by atoms with van der Waals surface area (Å²) in [6.45, 7) is 27.1. The molecule has 3 unspecified atom stereocenters. The third-order valence-corrected chi connectivity index (χ3v) is 11.0. The van der Waals surface area contributed by atoms with Gasteiger partial charge in [0.15, 0.2) is 0 Å². The number of nitrogens with one attached hydrogen (secondary N) is 2. The maximum Gasteiger partial charge on any atom is 0.0507 e. The zero-order valence-electron chi connectivity index (χ0n) is 25.6. The molecule has 4 heterocycles. The van der Waals surface area contributed by atoms with E-state index in [2.05, 4.69) is 69.8 Å². The fourth-order valence-electron chi connectivity index (χ4n) is 7.82. The minimum absolute atomic E-state index is 0.448. The molecule has 0 radical (unpaired) electrons. The summed E-state index contributed by atoms with van der Waals surface area (Å²) < 4.78 is 0. The summed E-state index contributed by atoms with van der Waals surface area (Å²) in [5.74, 6) is 0.742. The minimum atomic E-state index is 0.448. The zero-order chi connectivity index (χ0) is 26.7. The average Bonchev–Trinajstić information content (AvgIpc) is 3.48. The van der Waals surface area contributed by atoms with E-state index in [1.807, 2.05) is 0 Å². The molecule has 5 atom stereocenters. The van der Waals surface area contributed by atoms with Gasteiger partial charge in [0.2, 0.25) is 0 Å². The normalized spacial score (nSPS) is 32.7. The summed E-state index contributed by atoms with van der Waals surface area (Å²) in [5.41, 5.74) is 0.448. The molecule has 220 valence electrons. The molecule has 2 N–H and O–H groups in total. The second-order valence-corrected chi connectivity index (χ2v) is 14.2. The van der Waals surface area contributed by atoms with Crippen molar-refractivity contribution in [1.29, 1.82) is 0 Å². The van der Waals surface area contributed by atoms with Gasteiger partial charge in [0, 0.05) is 94.7 Å². The van der Waals surface area contributed by atoms with E-state index in [-0.39, 0.29) is 0 Å². The van der Waals surface area contributed by atoms with Crippen molar-refractivity contribution in [2.75, 3.05) is 78.7 Å². The Labute approximate surface area is 235 Å². The van der Waals surface area contributed by atoms with Crippen molar-refractivity contribution in [3.05, 3.63) is 0 Å². The van der Waals surface area contributed by atoms with Crippen LogP contribution in [0.4, 0.5) is 0 Å². The maximum absolute atomic E-state index is 4.00. The number of hydrogen-bond donors (Lipinski definition) is 2. The molecule has 0 aromatic heterocycles. The van der Waals surface area contributed by atoms with Crippen molar-refractivity contribution in [3.8, 4) is 0 Å². The van der Waals surface area contributed by atoms with Gasteiger partial charge in [-0.05, 0) is 91.6 Å². The second kappa shape index (κ2) is 13.1. The van der Waals surface area contributed by atoms with Gasteiger partial charge in [-0.2, -0.15) is 0 Å². The predicted molar refractivity (Wildman–Crippen MR) is 160 cm³/mol. The highest BCUT2D eigenvalue weighted by molar-refractivity contribution is 5.09. The molecule has 5 fully saturated rings. The lowest BCUT2D eigenvalue weighted by Gasteiger charge is -2.47. The Bertz CT molecular complexity index is 713. The monoisotopic (exact) mass is 531 g/mol. The van der Waals surface area contributed by atoms with Crippen LogP contribution in [0.3, 0.4) is 0 Å². The Morgan fingerprint density at radius 1 is 0.789 bits per heavy atom. The molecule has 0 aromatic carbocycles. The molecule has 7 nitrogen and oxygen atoms in total. The SMILES string of the molecule is CC(CC[C@@H](C)N1CC2(CC2)NCC1C[C@H](C)N1CCN(CN2CCCC2)CC1)C1CN(C(C)C)CCN1. The highest BCUT2D eigenvalue weighted by atomic mass is 15.4. The van der Waals surface area contributed by atoms with Crippen LogP contribution < -0.4 is 10.6 Å². The summed E-state index contributed by atoms with van der Waals surface area (Å²) in [4.78, 5) is 13.8. The van der Waals surface area contributed by atoms with Gasteiger partial charge in [-0.3, -0.25) is 24.5 Å². The van der Waals surface area contributed by atoms with Crippen molar-refractivity contribution >= 4 is 0 Å². The van der Waals surface area contributed by atoms with Gasteiger partial charge in [-0.1, -0.05) is 6.92 Å². The molecule has 0 bridgehead atoms. The molecular weight excluding hydrogens is 470 g/mol. The van der Waals surface area contributed by atoms with Crippen LogP contribution in [0, 0.1) is 5.92 Å². The van der Waals surface area contributed by atoms with Crippen LogP contribution >= 0.6 is 0 Å². The van der Waals surface area contributed by atoms with E-state index in [1.165, 1.54) is 117 Å². The van der Waals surface area contributed by atoms with Gasteiger partial charge in [0.25, 0.3) is 0 Å². The molecule has 5 aliphatic rings. The van der Waals surface area contributed by atoms with E-state index in [4.69, 9.17) is 0 Å². The Kier molecular flexibility index (Phi) is 10.1. The Balaban J connectivity index is 1.09. The lowest BCUT2D eigenvalue weighted by Crippen LogP contribution is -2.62. The number of nitrogens with zero attached hydrogens (tertiary/aromatic N) is 5. The molecule has 1 aliphatic carbocycles. The van der Waals surface area contributed by atoms with E-state index in [9.17, 15) is 0 Å². The quantitative estimate of drug-likeness (QED) is 0.425. The predicted octanol–water partition coefficient (Wildman–Crippen LogP) is 2.73. The lowest BCUT2D eigenvalue weighted by atomic mass is 9.91. The summed E-state index contributed by atoms with van der Waals surface area (Å²) in [7, 11) is 0. The third kappa shape index (κ3) is 7.51. The molecule has 1 saturated carbocycles. The zero-order valence-corrected chi connectivity index (χ0v) is 25.6. The second-order valence-electron chi connectivity index (χ2n) is 14.2. The van der Waals surface area contributed by atoms with Crippen LogP contribution in [0.15, 0.2) is 0 Å². The Morgan fingerprint density at radius 3 is 2.18 bits per heavy atom. The van der Waals surface area contributed by atoms with E-state index < -0.39 is 0 Å². The summed E-state index contributed by atoms with van der Waals surface area (Å²) in [6, 6.07) is 3.34. The molecule has 7 heteroatoms. The fraction of sp³-hybridized carbons (Fsp3) is 1.00. The van der Waals surface area contributed by atoms with Crippen molar-refractivity contribution in [2.45, 2.75) is 115 Å². The Morgan fingerprint density at radius 2 is 1.50 bits per heavy atom. The molecule has 4 aliphatic heterocycles. The molecule has 5 rings (SSSR count). The van der Waals surface area contributed by atoms with Crippen LogP contribution in [-0.2, 0) is 0 Å². The molecule has 0 aromatic rings. The largest absolute Gasteiger partial charge is 0.311 e. The van der Waals surface area contributed by atoms with Gasteiger partial charge in [0.1, 0.15) is 0 Å². The minimum Gasteiger partial charge on any atom is -0.311 e. The van der Waals surface area contributed by atoms with Crippen LogP contribution in [0.5, 0.6) is 0 Å². The number of hydrogen-bond acceptors (Lipinski definition) is 7. The van der Waals surface area contributed by atoms with Crippen LogP contribution in [-0.4, -0.2) is 139 Å². The van der Waals surface area contributed by atoms with Gasteiger partial charge >= 0.3 is 0 Å². The topological polar surface area (TPSA) is 40.3 Å². The number of likely N-dealkylation sites (tertiary alicyclic amines) is 1. The molecule has 0 amide bonds. The lowest BCUT2D eigenvalue weighted by molar-refractivity contribution is 0.0298. The average molecular weight is 532 g/mol. The van der Waals surface area contributed by atoms with Crippen LogP contribution in [0.2, 0.25) is 0 Å².